The second-order valence-electron chi connectivity index (χ2n) is 4.24. The molecule has 0 aliphatic carbocycles. The summed E-state index contributed by atoms with van der Waals surface area (Å²) in [5, 5.41) is 8.57. The Labute approximate surface area is 101 Å². The Balaban J connectivity index is 2.52. The van der Waals surface area contributed by atoms with Gasteiger partial charge in [0.25, 0.3) is 0 Å². The summed E-state index contributed by atoms with van der Waals surface area (Å²) in [5.74, 6) is -0.585. The van der Waals surface area contributed by atoms with Gasteiger partial charge in [-0.1, -0.05) is 6.92 Å². The van der Waals surface area contributed by atoms with Gasteiger partial charge >= 0.3 is 5.97 Å². The summed E-state index contributed by atoms with van der Waals surface area (Å²) in [5.41, 5.74) is 0. The topological polar surface area (TPSA) is 70.4 Å². The summed E-state index contributed by atoms with van der Waals surface area (Å²) in [4.78, 5) is 24.9. The Morgan fingerprint density at radius 2 is 2.29 bits per heavy atom. The standard InChI is InChI=1S/C12H18N2O3/c1-3-11(15)14-6-4-5-10(8-14)12(16)17-9(2)7-13/h9-10H,3-6,8H2,1-2H3/t9-,10+/m0/s1. The van der Waals surface area contributed by atoms with Gasteiger partial charge in [-0.2, -0.15) is 5.26 Å². The third-order valence-electron chi connectivity index (χ3n) is 2.88. The van der Waals surface area contributed by atoms with Gasteiger partial charge in [-0.15, -0.1) is 0 Å². The lowest BCUT2D eigenvalue weighted by molar-refractivity contribution is -0.153. The Hall–Kier alpha value is -1.57. The van der Waals surface area contributed by atoms with E-state index in [0.29, 0.717) is 19.5 Å². The Morgan fingerprint density at radius 1 is 1.59 bits per heavy atom. The maximum Gasteiger partial charge on any atom is 0.312 e. The van der Waals surface area contributed by atoms with E-state index in [1.807, 2.05) is 13.0 Å². The number of amides is 1. The van der Waals surface area contributed by atoms with E-state index >= 15 is 0 Å². The van der Waals surface area contributed by atoms with Crippen LogP contribution in [0.4, 0.5) is 0 Å². The molecule has 0 aromatic carbocycles. The highest BCUT2D eigenvalue weighted by Gasteiger charge is 2.29. The van der Waals surface area contributed by atoms with Crippen LogP contribution in [0.2, 0.25) is 0 Å². The van der Waals surface area contributed by atoms with Crippen molar-refractivity contribution in [2.45, 2.75) is 39.2 Å². The second kappa shape index (κ2) is 6.24. The highest BCUT2D eigenvalue weighted by Crippen LogP contribution is 2.19. The molecule has 1 heterocycles. The molecule has 0 radical (unpaired) electrons. The van der Waals surface area contributed by atoms with Crippen LogP contribution in [-0.4, -0.2) is 36.0 Å². The predicted octanol–water partition coefficient (Wildman–Crippen LogP) is 1.09. The van der Waals surface area contributed by atoms with Crippen molar-refractivity contribution < 1.29 is 14.3 Å². The van der Waals surface area contributed by atoms with E-state index in [9.17, 15) is 9.59 Å². The molecule has 1 fully saturated rings. The molecule has 0 N–H and O–H groups in total. The molecule has 2 atom stereocenters. The molecule has 5 nitrogen and oxygen atoms in total. The molecule has 0 aromatic rings. The Bertz CT molecular complexity index is 335. The van der Waals surface area contributed by atoms with E-state index in [4.69, 9.17) is 10.00 Å². The lowest BCUT2D eigenvalue weighted by atomic mass is 9.98. The maximum absolute atomic E-state index is 11.7. The van der Waals surface area contributed by atoms with Crippen LogP contribution in [0.5, 0.6) is 0 Å². The van der Waals surface area contributed by atoms with Gasteiger partial charge in [0.1, 0.15) is 6.07 Å². The van der Waals surface area contributed by atoms with E-state index in [0.717, 1.165) is 12.8 Å². The molecule has 0 bridgehead atoms. The average Bonchev–Trinajstić information content (AvgIpc) is 2.37. The van der Waals surface area contributed by atoms with Gasteiger partial charge in [0, 0.05) is 19.5 Å². The van der Waals surface area contributed by atoms with Crippen LogP contribution in [0.3, 0.4) is 0 Å². The zero-order valence-electron chi connectivity index (χ0n) is 10.3. The summed E-state index contributed by atoms with van der Waals surface area (Å²) < 4.78 is 4.96. The number of likely N-dealkylation sites (tertiary alicyclic amines) is 1. The van der Waals surface area contributed by atoms with Crippen LogP contribution in [0.15, 0.2) is 0 Å². The third-order valence-corrected chi connectivity index (χ3v) is 2.88. The van der Waals surface area contributed by atoms with Crippen molar-refractivity contribution in [2.75, 3.05) is 13.1 Å². The van der Waals surface area contributed by atoms with Crippen molar-refractivity contribution in [3.63, 3.8) is 0 Å². The first kappa shape index (κ1) is 13.5. The van der Waals surface area contributed by atoms with E-state index in [2.05, 4.69) is 0 Å². The SMILES string of the molecule is CCC(=O)N1CCC[C@@H](C(=O)O[C@@H](C)C#N)C1. The number of carbonyl (C=O) groups excluding carboxylic acids is 2. The molecule has 0 saturated carbocycles. The largest absolute Gasteiger partial charge is 0.447 e. The van der Waals surface area contributed by atoms with E-state index in [1.54, 1.807) is 4.90 Å². The lowest BCUT2D eigenvalue weighted by Crippen LogP contribution is -2.42. The van der Waals surface area contributed by atoms with Crippen LogP contribution in [0, 0.1) is 17.2 Å². The second-order valence-corrected chi connectivity index (χ2v) is 4.24. The van der Waals surface area contributed by atoms with Gasteiger partial charge in [-0.25, -0.2) is 0 Å². The Morgan fingerprint density at radius 3 is 2.88 bits per heavy atom. The highest BCUT2D eigenvalue weighted by molar-refractivity contribution is 5.78. The van der Waals surface area contributed by atoms with Gasteiger partial charge in [0.15, 0.2) is 6.10 Å². The van der Waals surface area contributed by atoms with Crippen LogP contribution < -0.4 is 0 Å². The van der Waals surface area contributed by atoms with E-state index in [-0.39, 0.29) is 17.8 Å². The molecule has 5 heteroatoms. The number of hydrogen-bond donors (Lipinski definition) is 0. The van der Waals surface area contributed by atoms with Crippen molar-refractivity contribution in [2.24, 2.45) is 5.92 Å². The third kappa shape index (κ3) is 3.74. The van der Waals surface area contributed by atoms with Gasteiger partial charge in [0.05, 0.1) is 5.92 Å². The first-order valence-electron chi connectivity index (χ1n) is 5.96. The van der Waals surface area contributed by atoms with Crippen molar-refractivity contribution in [3.8, 4) is 6.07 Å². The molecule has 1 saturated heterocycles. The van der Waals surface area contributed by atoms with Crippen LogP contribution in [0.25, 0.3) is 0 Å². The highest BCUT2D eigenvalue weighted by atomic mass is 16.5. The smallest absolute Gasteiger partial charge is 0.312 e. The number of piperidine rings is 1. The van der Waals surface area contributed by atoms with Gasteiger partial charge in [-0.05, 0) is 19.8 Å². The van der Waals surface area contributed by atoms with Crippen molar-refractivity contribution in [1.29, 1.82) is 5.26 Å². The van der Waals surface area contributed by atoms with E-state index in [1.165, 1.54) is 6.92 Å². The van der Waals surface area contributed by atoms with Crippen LogP contribution in [-0.2, 0) is 14.3 Å². The molecule has 1 aliphatic rings. The lowest BCUT2D eigenvalue weighted by Gasteiger charge is -2.31. The van der Waals surface area contributed by atoms with Crippen molar-refractivity contribution >= 4 is 11.9 Å². The normalized spacial score (nSPS) is 21.5. The van der Waals surface area contributed by atoms with Crippen LogP contribution in [0.1, 0.15) is 33.1 Å². The number of rotatable bonds is 3. The molecule has 1 aliphatic heterocycles. The molecule has 17 heavy (non-hydrogen) atoms. The minimum absolute atomic E-state index is 0.0656. The monoisotopic (exact) mass is 238 g/mol. The quantitative estimate of drug-likeness (QED) is 0.690. The minimum atomic E-state index is -0.722. The number of carbonyl (C=O) groups is 2. The summed E-state index contributed by atoms with van der Waals surface area (Å²) in [6.07, 6.45) is 1.27. The zero-order chi connectivity index (χ0) is 12.8. The van der Waals surface area contributed by atoms with Crippen LogP contribution >= 0.6 is 0 Å². The summed E-state index contributed by atoms with van der Waals surface area (Å²) in [6, 6.07) is 1.86. The number of ether oxygens (including phenoxy) is 1. The number of nitrogens with zero attached hydrogens (tertiary/aromatic N) is 2. The minimum Gasteiger partial charge on any atom is -0.447 e. The average molecular weight is 238 g/mol. The maximum atomic E-state index is 11.7. The molecule has 1 rings (SSSR count). The van der Waals surface area contributed by atoms with Gasteiger partial charge in [-0.3, -0.25) is 9.59 Å². The molecular weight excluding hydrogens is 220 g/mol. The first-order valence-corrected chi connectivity index (χ1v) is 5.96. The molecule has 94 valence electrons. The molecule has 0 spiro atoms. The summed E-state index contributed by atoms with van der Waals surface area (Å²) in [6.45, 7) is 4.48. The Kier molecular flexibility index (Phi) is 4.95. The number of nitriles is 1. The van der Waals surface area contributed by atoms with Gasteiger partial charge in [0.2, 0.25) is 5.91 Å². The fourth-order valence-electron chi connectivity index (χ4n) is 1.92. The number of esters is 1. The molecule has 1 amide bonds. The molecule has 0 aromatic heterocycles. The predicted molar refractivity (Wildman–Crippen MR) is 60.8 cm³/mol. The summed E-state index contributed by atoms with van der Waals surface area (Å²) in [7, 11) is 0. The zero-order valence-corrected chi connectivity index (χ0v) is 10.3. The summed E-state index contributed by atoms with van der Waals surface area (Å²) >= 11 is 0. The fourth-order valence-corrected chi connectivity index (χ4v) is 1.92. The van der Waals surface area contributed by atoms with Gasteiger partial charge < -0.3 is 9.64 Å². The number of hydrogen-bond acceptors (Lipinski definition) is 4. The van der Waals surface area contributed by atoms with Crippen molar-refractivity contribution in [1.82, 2.24) is 4.90 Å². The van der Waals surface area contributed by atoms with Crippen molar-refractivity contribution in [3.05, 3.63) is 0 Å². The fraction of sp³-hybridized carbons (Fsp3) is 0.750. The first-order chi connectivity index (χ1) is 8.08. The van der Waals surface area contributed by atoms with E-state index < -0.39 is 6.10 Å². The molecule has 0 unspecified atom stereocenters. The molecular formula is C12H18N2O3.